The van der Waals surface area contributed by atoms with E-state index in [-0.39, 0.29) is 5.41 Å². The van der Waals surface area contributed by atoms with E-state index < -0.39 is 10.0 Å². The van der Waals surface area contributed by atoms with E-state index in [9.17, 15) is 8.42 Å². The SMILES string of the molecule is CNCc1cccc(S(=O)(=O)NCC2(CCOC)CC2)c1. The summed E-state index contributed by atoms with van der Waals surface area (Å²) in [5.74, 6) is 0. The van der Waals surface area contributed by atoms with E-state index in [1.807, 2.05) is 13.1 Å². The summed E-state index contributed by atoms with van der Waals surface area (Å²) in [5, 5.41) is 3.02. The molecule has 0 saturated heterocycles. The van der Waals surface area contributed by atoms with Gasteiger partial charge in [-0.05, 0) is 49.4 Å². The molecule has 0 bridgehead atoms. The predicted octanol–water partition coefficient (Wildman–Crippen LogP) is 1.50. The van der Waals surface area contributed by atoms with Crippen LogP contribution in [0.4, 0.5) is 0 Å². The van der Waals surface area contributed by atoms with Gasteiger partial charge in [-0.15, -0.1) is 0 Å². The second kappa shape index (κ2) is 6.87. The average Bonchev–Trinajstić information content (AvgIpc) is 3.25. The first-order valence-corrected chi connectivity index (χ1v) is 8.72. The third kappa shape index (κ3) is 4.51. The lowest BCUT2D eigenvalue weighted by Crippen LogP contribution is -2.31. The molecule has 0 aromatic heterocycles. The molecule has 21 heavy (non-hydrogen) atoms. The normalized spacial score (nSPS) is 16.9. The Balaban J connectivity index is 2.00. The van der Waals surface area contributed by atoms with Crippen LogP contribution in [0, 0.1) is 5.41 Å². The Morgan fingerprint density at radius 2 is 2.10 bits per heavy atom. The molecule has 0 heterocycles. The molecule has 5 nitrogen and oxygen atoms in total. The predicted molar refractivity (Wildman–Crippen MR) is 82.6 cm³/mol. The van der Waals surface area contributed by atoms with Gasteiger partial charge in [0.15, 0.2) is 0 Å². The molecule has 0 amide bonds. The van der Waals surface area contributed by atoms with Crippen molar-refractivity contribution in [2.24, 2.45) is 5.41 Å². The molecule has 1 aromatic carbocycles. The maximum absolute atomic E-state index is 12.4. The molecular weight excluding hydrogens is 288 g/mol. The minimum atomic E-state index is -3.44. The molecule has 0 atom stereocenters. The Morgan fingerprint density at radius 1 is 1.33 bits per heavy atom. The van der Waals surface area contributed by atoms with Crippen molar-refractivity contribution in [1.29, 1.82) is 0 Å². The van der Waals surface area contributed by atoms with Gasteiger partial charge in [-0.2, -0.15) is 0 Å². The minimum absolute atomic E-state index is 0.103. The summed E-state index contributed by atoms with van der Waals surface area (Å²) < 4.78 is 32.6. The average molecular weight is 312 g/mol. The number of benzene rings is 1. The molecule has 118 valence electrons. The minimum Gasteiger partial charge on any atom is -0.385 e. The van der Waals surface area contributed by atoms with Crippen molar-refractivity contribution in [2.75, 3.05) is 27.3 Å². The third-order valence-electron chi connectivity index (χ3n) is 4.02. The quantitative estimate of drug-likeness (QED) is 0.725. The fourth-order valence-corrected chi connectivity index (χ4v) is 3.60. The van der Waals surface area contributed by atoms with Gasteiger partial charge in [-0.25, -0.2) is 13.1 Å². The maximum atomic E-state index is 12.4. The number of ether oxygens (including phenoxy) is 1. The van der Waals surface area contributed by atoms with Gasteiger partial charge in [0.25, 0.3) is 0 Å². The second-order valence-electron chi connectivity index (χ2n) is 5.75. The Kier molecular flexibility index (Phi) is 5.37. The van der Waals surface area contributed by atoms with Crippen molar-refractivity contribution < 1.29 is 13.2 Å². The van der Waals surface area contributed by atoms with Gasteiger partial charge in [0.05, 0.1) is 4.90 Å². The van der Waals surface area contributed by atoms with Gasteiger partial charge in [0, 0.05) is 26.8 Å². The molecular formula is C15H24N2O3S. The summed E-state index contributed by atoms with van der Waals surface area (Å²) in [6.45, 7) is 1.83. The van der Waals surface area contributed by atoms with Gasteiger partial charge in [-0.1, -0.05) is 12.1 Å². The third-order valence-corrected chi connectivity index (χ3v) is 5.42. The first-order chi connectivity index (χ1) is 10.0. The van der Waals surface area contributed by atoms with Crippen LogP contribution in [0.5, 0.6) is 0 Å². The molecule has 1 aliphatic rings. The standard InChI is InChI=1S/C15H24N2O3S/c1-16-11-13-4-3-5-14(10-13)21(18,19)17-12-15(6-7-15)8-9-20-2/h3-5,10,16-17H,6-9,11-12H2,1-2H3. The lowest BCUT2D eigenvalue weighted by Gasteiger charge is -2.16. The molecule has 2 N–H and O–H groups in total. The molecule has 0 unspecified atom stereocenters. The Bertz CT molecular complexity index is 568. The molecule has 0 aliphatic heterocycles. The highest BCUT2D eigenvalue weighted by molar-refractivity contribution is 7.89. The summed E-state index contributed by atoms with van der Waals surface area (Å²) in [7, 11) is 0.0756. The molecule has 1 aromatic rings. The molecule has 1 aliphatic carbocycles. The topological polar surface area (TPSA) is 67.4 Å². The van der Waals surface area contributed by atoms with Gasteiger partial charge < -0.3 is 10.1 Å². The fraction of sp³-hybridized carbons (Fsp3) is 0.600. The van der Waals surface area contributed by atoms with Crippen molar-refractivity contribution in [1.82, 2.24) is 10.0 Å². The second-order valence-corrected chi connectivity index (χ2v) is 7.51. The zero-order valence-electron chi connectivity index (χ0n) is 12.7. The maximum Gasteiger partial charge on any atom is 0.240 e. The van der Waals surface area contributed by atoms with Crippen LogP contribution < -0.4 is 10.0 Å². The first kappa shape index (κ1) is 16.4. The number of hydrogen-bond acceptors (Lipinski definition) is 4. The van der Waals surface area contributed by atoms with E-state index in [1.165, 1.54) is 0 Å². The fourth-order valence-electron chi connectivity index (χ4n) is 2.37. The number of hydrogen-bond donors (Lipinski definition) is 2. The number of nitrogens with one attached hydrogen (secondary N) is 2. The summed E-state index contributed by atoms with van der Waals surface area (Å²) in [6.07, 6.45) is 3.04. The Morgan fingerprint density at radius 3 is 2.71 bits per heavy atom. The highest BCUT2D eigenvalue weighted by atomic mass is 32.2. The van der Waals surface area contributed by atoms with Crippen molar-refractivity contribution in [3.05, 3.63) is 29.8 Å². The zero-order valence-corrected chi connectivity index (χ0v) is 13.5. The Labute approximate surface area is 127 Å². The largest absolute Gasteiger partial charge is 0.385 e. The Hall–Kier alpha value is -0.950. The van der Waals surface area contributed by atoms with E-state index >= 15 is 0 Å². The summed E-state index contributed by atoms with van der Waals surface area (Å²) in [5.41, 5.74) is 1.06. The van der Waals surface area contributed by atoms with E-state index in [0.717, 1.165) is 24.8 Å². The number of sulfonamides is 1. The molecule has 1 saturated carbocycles. The summed E-state index contributed by atoms with van der Waals surface area (Å²) in [6, 6.07) is 7.04. The van der Waals surface area contributed by atoms with E-state index in [4.69, 9.17) is 4.74 Å². The van der Waals surface area contributed by atoms with Crippen LogP contribution in [-0.4, -0.2) is 35.7 Å². The van der Waals surface area contributed by atoms with E-state index in [2.05, 4.69) is 10.0 Å². The van der Waals surface area contributed by atoms with Gasteiger partial charge in [0.1, 0.15) is 0 Å². The van der Waals surface area contributed by atoms with Crippen LogP contribution in [-0.2, 0) is 21.3 Å². The van der Waals surface area contributed by atoms with Crippen LogP contribution in [0.25, 0.3) is 0 Å². The summed E-state index contributed by atoms with van der Waals surface area (Å²) in [4.78, 5) is 0.331. The van der Waals surface area contributed by atoms with Crippen LogP contribution in [0.1, 0.15) is 24.8 Å². The van der Waals surface area contributed by atoms with Crippen LogP contribution >= 0.6 is 0 Å². The lowest BCUT2D eigenvalue weighted by atomic mass is 10.0. The molecule has 0 radical (unpaired) electrons. The first-order valence-electron chi connectivity index (χ1n) is 7.23. The highest BCUT2D eigenvalue weighted by Crippen LogP contribution is 2.48. The van der Waals surface area contributed by atoms with Crippen molar-refractivity contribution in [3.8, 4) is 0 Å². The van der Waals surface area contributed by atoms with Gasteiger partial charge in [-0.3, -0.25) is 0 Å². The molecule has 0 spiro atoms. The van der Waals surface area contributed by atoms with Gasteiger partial charge in [0.2, 0.25) is 10.0 Å². The zero-order chi connectivity index (χ0) is 15.3. The number of methoxy groups -OCH3 is 1. The molecule has 6 heteroatoms. The monoisotopic (exact) mass is 312 g/mol. The lowest BCUT2D eigenvalue weighted by molar-refractivity contribution is 0.173. The van der Waals surface area contributed by atoms with Crippen LogP contribution in [0.3, 0.4) is 0 Å². The van der Waals surface area contributed by atoms with E-state index in [0.29, 0.717) is 24.6 Å². The molecule has 1 fully saturated rings. The van der Waals surface area contributed by atoms with Crippen molar-refractivity contribution in [2.45, 2.75) is 30.7 Å². The summed E-state index contributed by atoms with van der Waals surface area (Å²) >= 11 is 0. The van der Waals surface area contributed by atoms with Crippen molar-refractivity contribution in [3.63, 3.8) is 0 Å². The van der Waals surface area contributed by atoms with Crippen LogP contribution in [0.2, 0.25) is 0 Å². The van der Waals surface area contributed by atoms with E-state index in [1.54, 1.807) is 25.3 Å². The van der Waals surface area contributed by atoms with Crippen LogP contribution in [0.15, 0.2) is 29.2 Å². The van der Waals surface area contributed by atoms with Crippen molar-refractivity contribution >= 4 is 10.0 Å². The van der Waals surface area contributed by atoms with Gasteiger partial charge >= 0.3 is 0 Å². The molecule has 2 rings (SSSR count). The smallest absolute Gasteiger partial charge is 0.240 e. The highest BCUT2D eigenvalue weighted by Gasteiger charge is 2.42. The number of rotatable bonds is 9.